The standard InChI is InChI=1S/C21H22ClN3O3S/c1-13-5-2-9-16(22)19(13)25-20(28)17-12-23-21(29-17)24-15-8-3-6-14(11-15)7-4-10-18(26)27/h2-3,5-6,8-9,11-12,21,23-24H,4,7,10H2,1H3,(H,25,28)(H,26,27). The summed E-state index contributed by atoms with van der Waals surface area (Å²) in [6, 6.07) is 13.3. The smallest absolute Gasteiger partial charge is 0.303 e. The Labute approximate surface area is 178 Å². The Morgan fingerprint density at radius 2 is 2.03 bits per heavy atom. The van der Waals surface area contributed by atoms with Crippen LogP contribution in [0.25, 0.3) is 0 Å². The van der Waals surface area contributed by atoms with Gasteiger partial charge in [0, 0.05) is 18.3 Å². The van der Waals surface area contributed by atoms with Gasteiger partial charge in [-0.2, -0.15) is 0 Å². The Morgan fingerprint density at radius 3 is 2.79 bits per heavy atom. The van der Waals surface area contributed by atoms with E-state index in [9.17, 15) is 9.59 Å². The van der Waals surface area contributed by atoms with Gasteiger partial charge in [0.1, 0.15) is 5.50 Å². The molecule has 4 N–H and O–H groups in total. The lowest BCUT2D eigenvalue weighted by atomic mass is 10.1. The number of amides is 1. The summed E-state index contributed by atoms with van der Waals surface area (Å²) >= 11 is 7.56. The lowest BCUT2D eigenvalue weighted by Crippen LogP contribution is -2.25. The molecule has 0 saturated carbocycles. The van der Waals surface area contributed by atoms with E-state index in [1.165, 1.54) is 11.8 Å². The van der Waals surface area contributed by atoms with Crippen molar-refractivity contribution in [2.45, 2.75) is 31.7 Å². The van der Waals surface area contributed by atoms with E-state index >= 15 is 0 Å². The van der Waals surface area contributed by atoms with Gasteiger partial charge in [-0.25, -0.2) is 0 Å². The highest BCUT2D eigenvalue weighted by Gasteiger charge is 2.23. The summed E-state index contributed by atoms with van der Waals surface area (Å²) in [7, 11) is 0. The van der Waals surface area contributed by atoms with Gasteiger partial charge in [0.05, 0.1) is 15.6 Å². The van der Waals surface area contributed by atoms with Crippen LogP contribution in [0, 0.1) is 6.92 Å². The summed E-state index contributed by atoms with van der Waals surface area (Å²) in [4.78, 5) is 23.8. The van der Waals surface area contributed by atoms with E-state index in [0.717, 1.165) is 16.8 Å². The third-order valence-corrected chi connectivity index (χ3v) is 5.74. The number of aryl methyl sites for hydroxylation is 2. The fourth-order valence-electron chi connectivity index (χ4n) is 2.91. The average Bonchev–Trinajstić information content (AvgIpc) is 3.13. The molecule has 152 valence electrons. The molecule has 2 aromatic carbocycles. The van der Waals surface area contributed by atoms with Crippen molar-refractivity contribution in [3.05, 3.63) is 69.7 Å². The van der Waals surface area contributed by atoms with Crippen LogP contribution in [0.4, 0.5) is 11.4 Å². The van der Waals surface area contributed by atoms with Gasteiger partial charge in [0.25, 0.3) is 5.91 Å². The maximum absolute atomic E-state index is 12.6. The van der Waals surface area contributed by atoms with Gasteiger partial charge >= 0.3 is 5.97 Å². The molecule has 3 rings (SSSR count). The first-order valence-electron chi connectivity index (χ1n) is 9.19. The molecular weight excluding hydrogens is 410 g/mol. The van der Waals surface area contributed by atoms with E-state index in [4.69, 9.17) is 16.7 Å². The highest BCUT2D eigenvalue weighted by atomic mass is 35.5. The molecule has 0 spiro atoms. The van der Waals surface area contributed by atoms with Crippen LogP contribution >= 0.6 is 23.4 Å². The van der Waals surface area contributed by atoms with Crippen LogP contribution in [0.15, 0.2) is 53.6 Å². The number of anilines is 2. The number of para-hydroxylation sites is 1. The molecule has 1 heterocycles. The van der Waals surface area contributed by atoms with Crippen LogP contribution < -0.4 is 16.0 Å². The third-order valence-electron chi connectivity index (χ3n) is 4.38. The van der Waals surface area contributed by atoms with E-state index in [2.05, 4.69) is 16.0 Å². The maximum Gasteiger partial charge on any atom is 0.303 e. The number of carboxylic acids is 1. The lowest BCUT2D eigenvalue weighted by Gasteiger charge is -2.15. The Balaban J connectivity index is 1.54. The van der Waals surface area contributed by atoms with Crippen molar-refractivity contribution >= 4 is 46.6 Å². The van der Waals surface area contributed by atoms with Crippen molar-refractivity contribution in [3.8, 4) is 0 Å². The van der Waals surface area contributed by atoms with Crippen molar-refractivity contribution in [2.75, 3.05) is 10.6 Å². The van der Waals surface area contributed by atoms with E-state index in [0.29, 0.717) is 28.5 Å². The average molecular weight is 432 g/mol. The fourth-order valence-corrected chi connectivity index (χ4v) is 4.06. The first kappa shape index (κ1) is 21.1. The van der Waals surface area contributed by atoms with Crippen LogP contribution in [0.2, 0.25) is 5.02 Å². The monoisotopic (exact) mass is 431 g/mol. The number of nitrogens with one attached hydrogen (secondary N) is 3. The van der Waals surface area contributed by atoms with Gasteiger partial charge in [-0.15, -0.1) is 0 Å². The van der Waals surface area contributed by atoms with E-state index < -0.39 is 5.97 Å². The molecular formula is C21H22ClN3O3S. The third kappa shape index (κ3) is 5.92. The molecule has 1 atom stereocenters. The molecule has 1 unspecified atom stereocenters. The maximum atomic E-state index is 12.6. The van der Waals surface area contributed by atoms with Gasteiger partial charge in [-0.1, -0.05) is 47.6 Å². The van der Waals surface area contributed by atoms with E-state index in [-0.39, 0.29) is 17.8 Å². The minimum absolute atomic E-state index is 0.158. The number of carbonyl (C=O) groups is 2. The predicted molar refractivity (Wildman–Crippen MR) is 118 cm³/mol. The Kier molecular flexibility index (Phi) is 7.06. The number of rotatable bonds is 8. The summed E-state index contributed by atoms with van der Waals surface area (Å²) in [5, 5.41) is 18.6. The van der Waals surface area contributed by atoms with Crippen LogP contribution in [-0.2, 0) is 16.0 Å². The zero-order chi connectivity index (χ0) is 20.8. The molecule has 0 fully saturated rings. The minimum atomic E-state index is -0.783. The lowest BCUT2D eigenvalue weighted by molar-refractivity contribution is -0.137. The number of aliphatic carboxylic acids is 1. The first-order valence-corrected chi connectivity index (χ1v) is 10.4. The number of carbonyl (C=O) groups excluding carboxylic acids is 1. The van der Waals surface area contributed by atoms with Gasteiger partial charge in [0.2, 0.25) is 0 Å². The van der Waals surface area contributed by atoms with Gasteiger partial charge in [-0.05, 0) is 49.1 Å². The van der Waals surface area contributed by atoms with E-state index in [1.54, 1.807) is 12.3 Å². The number of halogens is 1. The molecule has 2 aromatic rings. The van der Waals surface area contributed by atoms with E-state index in [1.807, 2.05) is 43.3 Å². The SMILES string of the molecule is Cc1cccc(Cl)c1NC(=O)C1=CNC(Nc2cccc(CCCC(=O)O)c2)S1. The van der Waals surface area contributed by atoms with Crippen molar-refractivity contribution in [1.29, 1.82) is 0 Å². The molecule has 0 radical (unpaired) electrons. The Morgan fingerprint density at radius 1 is 1.24 bits per heavy atom. The van der Waals surface area contributed by atoms with Crippen molar-refractivity contribution in [2.24, 2.45) is 0 Å². The Hall–Kier alpha value is -2.64. The molecule has 1 amide bonds. The first-order chi connectivity index (χ1) is 13.9. The van der Waals surface area contributed by atoms with Crippen molar-refractivity contribution in [1.82, 2.24) is 5.32 Å². The highest BCUT2D eigenvalue weighted by Crippen LogP contribution is 2.31. The van der Waals surface area contributed by atoms with Crippen LogP contribution in [0.1, 0.15) is 24.0 Å². The van der Waals surface area contributed by atoms with Crippen LogP contribution in [0.3, 0.4) is 0 Å². The molecule has 0 bridgehead atoms. The largest absolute Gasteiger partial charge is 0.481 e. The number of carboxylic acid groups (broad SMARTS) is 1. The van der Waals surface area contributed by atoms with Gasteiger partial charge in [-0.3, -0.25) is 9.59 Å². The molecule has 29 heavy (non-hydrogen) atoms. The summed E-state index contributed by atoms with van der Waals surface area (Å²) in [6.45, 7) is 1.89. The summed E-state index contributed by atoms with van der Waals surface area (Å²) in [5.41, 5.74) is 3.31. The molecule has 1 aliphatic rings. The molecule has 0 aliphatic carbocycles. The number of benzene rings is 2. The van der Waals surface area contributed by atoms with Crippen molar-refractivity contribution in [3.63, 3.8) is 0 Å². The number of hydrogen-bond donors (Lipinski definition) is 4. The second-order valence-electron chi connectivity index (χ2n) is 6.65. The van der Waals surface area contributed by atoms with Gasteiger partial charge < -0.3 is 21.1 Å². The molecule has 1 aliphatic heterocycles. The fraction of sp³-hybridized carbons (Fsp3) is 0.238. The zero-order valence-electron chi connectivity index (χ0n) is 15.9. The molecule has 6 nitrogen and oxygen atoms in total. The quantitative estimate of drug-likeness (QED) is 0.489. The molecule has 8 heteroatoms. The highest BCUT2D eigenvalue weighted by molar-refractivity contribution is 8.04. The summed E-state index contributed by atoms with van der Waals surface area (Å²) in [5.74, 6) is -1.000. The summed E-state index contributed by atoms with van der Waals surface area (Å²) in [6.07, 6.45) is 3.14. The minimum Gasteiger partial charge on any atom is -0.481 e. The van der Waals surface area contributed by atoms with Crippen LogP contribution in [0.5, 0.6) is 0 Å². The second-order valence-corrected chi connectivity index (χ2v) is 8.21. The zero-order valence-corrected chi connectivity index (χ0v) is 17.4. The molecule has 0 saturated heterocycles. The number of hydrogen-bond acceptors (Lipinski definition) is 5. The topological polar surface area (TPSA) is 90.5 Å². The predicted octanol–water partition coefficient (Wildman–Crippen LogP) is 4.57. The normalized spacial score (nSPS) is 15.4. The van der Waals surface area contributed by atoms with Crippen molar-refractivity contribution < 1.29 is 14.7 Å². The van der Waals surface area contributed by atoms with Crippen LogP contribution in [-0.4, -0.2) is 22.5 Å². The summed E-state index contributed by atoms with van der Waals surface area (Å²) < 4.78 is 0. The number of thioether (sulfide) groups is 1. The second kappa shape index (κ2) is 9.71. The molecule has 0 aromatic heterocycles. The Bertz CT molecular complexity index is 928. The van der Waals surface area contributed by atoms with Gasteiger partial charge in [0.15, 0.2) is 0 Å².